The van der Waals surface area contributed by atoms with Gasteiger partial charge < -0.3 is 25.2 Å². The minimum atomic E-state index is 0.537. The highest BCUT2D eigenvalue weighted by Crippen LogP contribution is 2.19. The summed E-state index contributed by atoms with van der Waals surface area (Å²) in [6, 6.07) is 0.537. The normalized spacial score (nSPS) is 21.9. The van der Waals surface area contributed by atoms with Gasteiger partial charge in [0.25, 0.3) is 0 Å². The van der Waals surface area contributed by atoms with Crippen LogP contribution in [-0.4, -0.2) is 112 Å². The second-order valence-electron chi connectivity index (χ2n) is 9.23. The monoisotopic (exact) mass is 438 g/mol. The van der Waals surface area contributed by atoms with Crippen molar-refractivity contribution in [2.75, 3.05) is 85.2 Å². The van der Waals surface area contributed by atoms with E-state index in [0.29, 0.717) is 17.9 Å². The summed E-state index contributed by atoms with van der Waals surface area (Å²) in [6.07, 6.45) is 2.44. The molecule has 2 saturated heterocycles. The van der Waals surface area contributed by atoms with E-state index in [-0.39, 0.29) is 0 Å². The molecule has 0 spiro atoms. The van der Waals surface area contributed by atoms with Gasteiger partial charge in [0.1, 0.15) is 0 Å². The molecule has 7 nitrogen and oxygen atoms in total. The van der Waals surface area contributed by atoms with Gasteiger partial charge in [0.05, 0.1) is 13.2 Å². The number of rotatable bonds is 12. The second-order valence-corrected chi connectivity index (χ2v) is 9.23. The highest BCUT2D eigenvalue weighted by Gasteiger charge is 2.27. The Kier molecular flexibility index (Phi) is 12.8. The van der Waals surface area contributed by atoms with E-state index in [9.17, 15) is 0 Å². The summed E-state index contributed by atoms with van der Waals surface area (Å²) >= 11 is 0. The Morgan fingerprint density at radius 3 is 2.13 bits per heavy atom. The molecular formula is C24H50N6O. The Morgan fingerprint density at radius 2 is 1.55 bits per heavy atom. The summed E-state index contributed by atoms with van der Waals surface area (Å²) in [5, 5.41) is 7.14. The van der Waals surface area contributed by atoms with Gasteiger partial charge in [-0.15, -0.1) is 0 Å². The van der Waals surface area contributed by atoms with Gasteiger partial charge in [0.2, 0.25) is 0 Å². The standard InChI is InChI=1S/C24H50N6O/c1-6-22(7-2)23(30-14-16-31-17-15-30)19-27-24(25-8-3)26-18-21(5)20-29-12-10-28(9-4)11-13-29/h21-23H,6-20H2,1-5H3,(H2,25,26,27). The number of hydrogen-bond acceptors (Lipinski definition) is 5. The Hall–Kier alpha value is -0.890. The maximum atomic E-state index is 5.60. The lowest BCUT2D eigenvalue weighted by molar-refractivity contribution is 0.00272. The molecule has 2 aliphatic rings. The minimum absolute atomic E-state index is 0.537. The van der Waals surface area contributed by atoms with Gasteiger partial charge in [-0.1, -0.05) is 40.5 Å². The molecule has 31 heavy (non-hydrogen) atoms. The first-order valence-electron chi connectivity index (χ1n) is 12.9. The first kappa shape index (κ1) is 26.4. The summed E-state index contributed by atoms with van der Waals surface area (Å²) in [7, 11) is 0. The van der Waals surface area contributed by atoms with Gasteiger partial charge in [-0.2, -0.15) is 0 Å². The lowest BCUT2D eigenvalue weighted by Crippen LogP contribution is -2.53. The molecule has 0 radical (unpaired) electrons. The Morgan fingerprint density at radius 1 is 0.903 bits per heavy atom. The van der Waals surface area contributed by atoms with Crippen molar-refractivity contribution in [2.45, 2.75) is 53.5 Å². The molecule has 0 bridgehead atoms. The number of guanidine groups is 1. The minimum Gasteiger partial charge on any atom is -0.379 e. The number of nitrogens with one attached hydrogen (secondary N) is 2. The highest BCUT2D eigenvalue weighted by molar-refractivity contribution is 5.79. The van der Waals surface area contributed by atoms with Gasteiger partial charge in [0.15, 0.2) is 5.96 Å². The van der Waals surface area contributed by atoms with Crippen LogP contribution in [0.3, 0.4) is 0 Å². The van der Waals surface area contributed by atoms with Crippen LogP contribution in [0, 0.1) is 11.8 Å². The molecule has 0 aromatic rings. The quantitative estimate of drug-likeness (QED) is 0.359. The first-order chi connectivity index (χ1) is 15.1. The predicted molar refractivity (Wildman–Crippen MR) is 132 cm³/mol. The Balaban J connectivity index is 1.86. The van der Waals surface area contributed by atoms with Crippen LogP contribution in [0.2, 0.25) is 0 Å². The first-order valence-corrected chi connectivity index (χ1v) is 12.9. The lowest BCUT2D eigenvalue weighted by atomic mass is 9.92. The number of nitrogens with zero attached hydrogens (tertiary/aromatic N) is 4. The lowest BCUT2D eigenvalue weighted by Gasteiger charge is -2.39. The number of morpholine rings is 1. The summed E-state index contributed by atoms with van der Waals surface area (Å²) in [5.41, 5.74) is 0. The molecule has 2 heterocycles. The van der Waals surface area contributed by atoms with Gasteiger partial charge in [-0.05, 0) is 25.3 Å². The van der Waals surface area contributed by atoms with Crippen molar-refractivity contribution in [2.24, 2.45) is 16.8 Å². The average Bonchev–Trinajstić information content (AvgIpc) is 2.81. The van der Waals surface area contributed by atoms with E-state index in [0.717, 1.165) is 58.4 Å². The zero-order valence-corrected chi connectivity index (χ0v) is 21.0. The molecular weight excluding hydrogens is 388 g/mol. The Labute approximate surface area is 192 Å². The van der Waals surface area contributed by atoms with Crippen molar-refractivity contribution < 1.29 is 4.74 Å². The number of ether oxygens (including phenoxy) is 1. The summed E-state index contributed by atoms with van der Waals surface area (Å²) < 4.78 is 5.60. The fraction of sp³-hybridized carbons (Fsp3) is 0.958. The van der Waals surface area contributed by atoms with Crippen molar-refractivity contribution in [1.82, 2.24) is 25.3 Å². The van der Waals surface area contributed by atoms with Crippen LogP contribution in [0.5, 0.6) is 0 Å². The molecule has 7 heteroatoms. The third-order valence-electron chi connectivity index (χ3n) is 6.97. The third-order valence-corrected chi connectivity index (χ3v) is 6.97. The van der Waals surface area contributed by atoms with Crippen molar-refractivity contribution >= 4 is 5.96 Å². The van der Waals surface area contributed by atoms with Gasteiger partial charge >= 0.3 is 0 Å². The molecule has 0 aliphatic carbocycles. The molecule has 2 unspecified atom stereocenters. The van der Waals surface area contributed by atoms with Crippen LogP contribution in [0.4, 0.5) is 0 Å². The number of piperazine rings is 1. The molecule has 2 atom stereocenters. The van der Waals surface area contributed by atoms with E-state index < -0.39 is 0 Å². The van der Waals surface area contributed by atoms with E-state index in [1.165, 1.54) is 45.6 Å². The van der Waals surface area contributed by atoms with E-state index in [2.05, 4.69) is 60.0 Å². The van der Waals surface area contributed by atoms with Crippen molar-refractivity contribution in [1.29, 1.82) is 0 Å². The molecule has 2 N–H and O–H groups in total. The molecule has 0 aromatic carbocycles. The number of likely N-dealkylation sites (N-methyl/N-ethyl adjacent to an activating group) is 1. The number of aliphatic imine (C=N–C) groups is 1. The summed E-state index contributed by atoms with van der Waals surface area (Å²) in [6.45, 7) is 25.0. The van der Waals surface area contributed by atoms with Crippen LogP contribution in [0.1, 0.15) is 47.5 Å². The Bertz CT molecular complexity index is 484. The van der Waals surface area contributed by atoms with Crippen molar-refractivity contribution in [3.8, 4) is 0 Å². The predicted octanol–water partition coefficient (Wildman–Crippen LogP) is 1.95. The van der Waals surface area contributed by atoms with Crippen LogP contribution in [0.15, 0.2) is 4.99 Å². The van der Waals surface area contributed by atoms with Gasteiger partial charge in [0, 0.05) is 71.5 Å². The van der Waals surface area contributed by atoms with Crippen LogP contribution < -0.4 is 10.6 Å². The van der Waals surface area contributed by atoms with Gasteiger partial charge in [-0.3, -0.25) is 9.89 Å². The topological polar surface area (TPSA) is 55.4 Å². The molecule has 0 amide bonds. The smallest absolute Gasteiger partial charge is 0.191 e. The molecule has 0 aromatic heterocycles. The van der Waals surface area contributed by atoms with Crippen molar-refractivity contribution in [3.05, 3.63) is 0 Å². The molecule has 2 fully saturated rings. The molecule has 2 rings (SSSR count). The average molecular weight is 439 g/mol. The van der Waals surface area contributed by atoms with E-state index >= 15 is 0 Å². The highest BCUT2D eigenvalue weighted by atomic mass is 16.5. The zero-order valence-electron chi connectivity index (χ0n) is 21.0. The van der Waals surface area contributed by atoms with Crippen molar-refractivity contribution in [3.63, 3.8) is 0 Å². The molecule has 182 valence electrons. The maximum absolute atomic E-state index is 5.60. The van der Waals surface area contributed by atoms with E-state index in [1.807, 2.05) is 0 Å². The third kappa shape index (κ3) is 9.24. The van der Waals surface area contributed by atoms with Gasteiger partial charge in [-0.25, -0.2) is 0 Å². The van der Waals surface area contributed by atoms with E-state index in [4.69, 9.17) is 9.73 Å². The summed E-state index contributed by atoms with van der Waals surface area (Å²) in [4.78, 5) is 12.7. The largest absolute Gasteiger partial charge is 0.379 e. The fourth-order valence-electron chi connectivity index (χ4n) is 4.91. The SMILES string of the molecule is CCNC(=NCC(C)CN1CCN(CC)CC1)NCC(C(CC)CC)N1CCOCC1. The van der Waals surface area contributed by atoms with Crippen LogP contribution in [-0.2, 0) is 4.74 Å². The molecule has 0 saturated carbocycles. The number of hydrogen-bond donors (Lipinski definition) is 2. The molecule has 2 aliphatic heterocycles. The summed E-state index contributed by atoms with van der Waals surface area (Å²) in [5.74, 6) is 2.24. The second kappa shape index (κ2) is 15.0. The zero-order chi connectivity index (χ0) is 22.5. The fourth-order valence-corrected chi connectivity index (χ4v) is 4.91. The van der Waals surface area contributed by atoms with E-state index in [1.54, 1.807) is 0 Å². The maximum Gasteiger partial charge on any atom is 0.191 e. The van der Waals surface area contributed by atoms with Crippen LogP contribution in [0.25, 0.3) is 0 Å². The van der Waals surface area contributed by atoms with Crippen LogP contribution >= 0.6 is 0 Å².